The summed E-state index contributed by atoms with van der Waals surface area (Å²) >= 11 is 0. The van der Waals surface area contributed by atoms with E-state index in [2.05, 4.69) is 16.9 Å². The lowest BCUT2D eigenvalue weighted by Gasteiger charge is -2.43. The van der Waals surface area contributed by atoms with E-state index in [9.17, 15) is 27.6 Å². The maximum absolute atomic E-state index is 13.7. The monoisotopic (exact) mass is 624 g/mol. The fraction of sp³-hybridized carbons (Fsp3) is 0.469. The van der Waals surface area contributed by atoms with Crippen LogP contribution in [0, 0.1) is 17.2 Å². The van der Waals surface area contributed by atoms with E-state index in [1.165, 1.54) is 6.07 Å². The van der Waals surface area contributed by atoms with Crippen molar-refractivity contribution in [2.45, 2.75) is 70.2 Å². The highest BCUT2D eigenvalue weighted by Gasteiger charge is 2.59. The maximum atomic E-state index is 13.7. The third kappa shape index (κ3) is 6.18. The number of nitriles is 1. The zero-order chi connectivity index (χ0) is 32.7. The molecule has 45 heavy (non-hydrogen) atoms. The lowest BCUT2D eigenvalue weighted by molar-refractivity contribution is -0.138. The number of benzene rings is 1. The van der Waals surface area contributed by atoms with E-state index >= 15 is 0 Å². The molecule has 0 radical (unpaired) electrons. The molecule has 13 heteroatoms. The van der Waals surface area contributed by atoms with Gasteiger partial charge >= 0.3 is 12.3 Å². The molecule has 0 atom stereocenters. The fourth-order valence-electron chi connectivity index (χ4n) is 6.01. The lowest BCUT2D eigenvalue weighted by Crippen LogP contribution is -2.54. The summed E-state index contributed by atoms with van der Waals surface area (Å²) in [5.74, 6) is -0.312. The van der Waals surface area contributed by atoms with Crippen molar-refractivity contribution in [3.8, 4) is 6.07 Å². The van der Waals surface area contributed by atoms with Crippen LogP contribution in [0.3, 0.4) is 0 Å². The Labute approximate surface area is 259 Å². The molecule has 1 aliphatic carbocycles. The number of amides is 3. The van der Waals surface area contributed by atoms with Crippen molar-refractivity contribution in [2.24, 2.45) is 5.92 Å². The molecule has 2 saturated heterocycles. The van der Waals surface area contributed by atoms with Gasteiger partial charge < -0.3 is 19.9 Å². The molecule has 1 spiro atoms. The quantitative estimate of drug-likeness (QED) is 0.460. The number of piperidine rings is 1. The van der Waals surface area contributed by atoms with Crippen molar-refractivity contribution >= 4 is 29.3 Å². The molecular weight excluding hydrogens is 589 g/mol. The molecule has 5 rings (SSSR count). The molecule has 3 amide bonds. The molecular formula is C32H35F3N6O4. The van der Waals surface area contributed by atoms with E-state index < -0.39 is 34.5 Å². The van der Waals surface area contributed by atoms with E-state index in [4.69, 9.17) is 10.00 Å². The number of hydrogen-bond donors (Lipinski definition) is 1. The first kappa shape index (κ1) is 31.8. The molecule has 10 nitrogen and oxygen atoms in total. The zero-order valence-electron chi connectivity index (χ0n) is 25.4. The number of carbonyl (C=O) groups excluding carboxylic acids is 3. The van der Waals surface area contributed by atoms with Gasteiger partial charge in [-0.05, 0) is 89.1 Å². The van der Waals surface area contributed by atoms with E-state index in [1.807, 2.05) is 20.8 Å². The average molecular weight is 625 g/mol. The summed E-state index contributed by atoms with van der Waals surface area (Å²) in [6.07, 6.45) is -0.915. The number of ether oxygens (including phenoxy) is 1. The number of carbonyl (C=O) groups is 3. The molecule has 3 heterocycles. The van der Waals surface area contributed by atoms with Gasteiger partial charge in [-0.1, -0.05) is 6.58 Å². The van der Waals surface area contributed by atoms with Gasteiger partial charge in [0.25, 0.3) is 11.8 Å². The zero-order valence-corrected chi connectivity index (χ0v) is 25.4. The second-order valence-corrected chi connectivity index (χ2v) is 12.6. The Hall–Kier alpha value is -4.60. The molecule has 238 valence electrons. The van der Waals surface area contributed by atoms with Crippen LogP contribution in [0.25, 0.3) is 0 Å². The largest absolute Gasteiger partial charge is 0.444 e. The number of rotatable bonds is 5. The third-order valence-corrected chi connectivity index (χ3v) is 8.47. The summed E-state index contributed by atoms with van der Waals surface area (Å²) in [7, 11) is 0. The summed E-state index contributed by atoms with van der Waals surface area (Å²) in [5, 5.41) is 12.1. The van der Waals surface area contributed by atoms with Crippen molar-refractivity contribution in [1.29, 1.82) is 5.26 Å². The molecule has 2 aliphatic heterocycles. The van der Waals surface area contributed by atoms with Crippen LogP contribution in [0.15, 0.2) is 48.9 Å². The molecule has 3 fully saturated rings. The van der Waals surface area contributed by atoms with Gasteiger partial charge in [-0.15, -0.1) is 0 Å². The van der Waals surface area contributed by atoms with Gasteiger partial charge in [-0.3, -0.25) is 14.5 Å². The summed E-state index contributed by atoms with van der Waals surface area (Å²) in [4.78, 5) is 47.2. The van der Waals surface area contributed by atoms with Crippen molar-refractivity contribution in [1.82, 2.24) is 15.2 Å². The SMILES string of the molecule is C=C1N(c2cnc(C#N)c(C(F)(F)F)c2)C(=O)C2(CCC2)N1c1ccc(C(=O)NCC2CCN(C(=O)OC(C)(C)C)CC2)cc1. The van der Waals surface area contributed by atoms with Crippen LogP contribution in [0.5, 0.6) is 0 Å². The number of aromatic nitrogens is 1. The van der Waals surface area contributed by atoms with Crippen molar-refractivity contribution in [2.75, 3.05) is 29.4 Å². The second-order valence-electron chi connectivity index (χ2n) is 12.6. The van der Waals surface area contributed by atoms with E-state index in [0.717, 1.165) is 36.4 Å². The van der Waals surface area contributed by atoms with Crippen LogP contribution >= 0.6 is 0 Å². The number of anilines is 2. The molecule has 1 aromatic heterocycles. The molecule has 3 aliphatic rings. The summed E-state index contributed by atoms with van der Waals surface area (Å²) in [6.45, 7) is 11.1. The smallest absolute Gasteiger partial charge is 0.419 e. The van der Waals surface area contributed by atoms with Crippen LogP contribution in [0.4, 0.5) is 29.3 Å². The molecule has 0 bridgehead atoms. The Morgan fingerprint density at radius 3 is 2.31 bits per heavy atom. The Kier molecular flexibility index (Phi) is 8.29. The Bertz CT molecular complexity index is 1550. The third-order valence-electron chi connectivity index (χ3n) is 8.47. The number of hydrogen-bond acceptors (Lipinski definition) is 7. The number of pyridine rings is 1. The van der Waals surface area contributed by atoms with Gasteiger partial charge in [-0.25, -0.2) is 9.78 Å². The Balaban J connectivity index is 1.25. The van der Waals surface area contributed by atoms with Crippen LogP contribution in [0.2, 0.25) is 0 Å². The topological polar surface area (TPSA) is 119 Å². The number of halogens is 3. The van der Waals surface area contributed by atoms with Gasteiger partial charge in [0.15, 0.2) is 5.69 Å². The van der Waals surface area contributed by atoms with Gasteiger partial charge in [0.1, 0.15) is 23.0 Å². The van der Waals surface area contributed by atoms with Gasteiger partial charge in [0.2, 0.25) is 0 Å². The number of nitrogens with one attached hydrogen (secondary N) is 1. The Morgan fingerprint density at radius 1 is 1.13 bits per heavy atom. The Morgan fingerprint density at radius 2 is 1.78 bits per heavy atom. The molecule has 0 unspecified atom stereocenters. The van der Waals surface area contributed by atoms with Gasteiger partial charge in [0, 0.05) is 30.9 Å². The summed E-state index contributed by atoms with van der Waals surface area (Å²) in [6, 6.07) is 8.84. The summed E-state index contributed by atoms with van der Waals surface area (Å²) in [5.41, 5.74) is -2.73. The van der Waals surface area contributed by atoms with Crippen molar-refractivity contribution in [3.05, 3.63) is 65.7 Å². The number of nitrogens with zero attached hydrogens (tertiary/aromatic N) is 5. The van der Waals surface area contributed by atoms with E-state index in [1.54, 1.807) is 34.1 Å². The van der Waals surface area contributed by atoms with E-state index in [0.29, 0.717) is 43.7 Å². The minimum Gasteiger partial charge on any atom is -0.444 e. The molecule has 1 saturated carbocycles. The van der Waals surface area contributed by atoms with Crippen LogP contribution in [-0.2, 0) is 15.7 Å². The first-order valence-corrected chi connectivity index (χ1v) is 14.8. The highest BCUT2D eigenvalue weighted by Crippen LogP contribution is 2.50. The predicted molar refractivity (Wildman–Crippen MR) is 159 cm³/mol. The highest BCUT2D eigenvalue weighted by molar-refractivity contribution is 6.11. The number of alkyl halides is 3. The lowest BCUT2D eigenvalue weighted by atomic mass is 9.75. The molecule has 1 N–H and O–H groups in total. The predicted octanol–water partition coefficient (Wildman–Crippen LogP) is 5.60. The van der Waals surface area contributed by atoms with Crippen LogP contribution in [0.1, 0.15) is 74.5 Å². The minimum atomic E-state index is -4.83. The highest BCUT2D eigenvalue weighted by atomic mass is 19.4. The van der Waals surface area contributed by atoms with E-state index in [-0.39, 0.29) is 29.4 Å². The first-order valence-electron chi connectivity index (χ1n) is 14.8. The standard InChI is InChI=1S/C32H35F3N6O4/c1-20-40(24-16-25(32(33,34)35)26(17-36)37-19-24)28(43)31(12-5-13-31)41(20)23-8-6-22(7-9-23)27(42)38-18-21-10-14-39(15-11-21)29(44)45-30(2,3)4/h6-9,16,19,21H,1,5,10-15,18H2,2-4H3,(H,38,42). The van der Waals surface area contributed by atoms with Crippen molar-refractivity contribution < 1.29 is 32.3 Å². The number of likely N-dealkylation sites (tertiary alicyclic amines) is 1. The van der Waals surface area contributed by atoms with Crippen molar-refractivity contribution in [3.63, 3.8) is 0 Å². The van der Waals surface area contributed by atoms with Gasteiger partial charge in [-0.2, -0.15) is 18.4 Å². The minimum absolute atomic E-state index is 0.127. The fourth-order valence-corrected chi connectivity index (χ4v) is 6.01. The molecule has 2 aromatic rings. The van der Waals surface area contributed by atoms with Crippen LogP contribution < -0.4 is 15.1 Å². The maximum Gasteiger partial charge on any atom is 0.419 e. The molecule has 1 aromatic carbocycles. The van der Waals surface area contributed by atoms with Gasteiger partial charge in [0.05, 0.1) is 17.4 Å². The summed E-state index contributed by atoms with van der Waals surface area (Å²) < 4.78 is 46.4. The van der Waals surface area contributed by atoms with Crippen LogP contribution in [-0.4, -0.2) is 58.6 Å². The second kappa shape index (κ2) is 11.7. The average Bonchev–Trinajstić information content (AvgIpc) is 3.21. The first-order chi connectivity index (χ1) is 21.1. The normalized spacial score (nSPS) is 18.6.